The first-order valence-electron chi connectivity index (χ1n) is 7.35. The third-order valence-corrected chi connectivity index (χ3v) is 4.33. The Bertz CT molecular complexity index is 303. The molecule has 1 aliphatic carbocycles. The van der Waals surface area contributed by atoms with Gasteiger partial charge < -0.3 is 15.4 Å². The smallest absolute Gasteiger partial charge is 0.236 e. The molecule has 3 unspecified atom stereocenters. The van der Waals surface area contributed by atoms with Gasteiger partial charge in [-0.15, -0.1) is 0 Å². The zero-order chi connectivity index (χ0) is 14.6. The van der Waals surface area contributed by atoms with Crippen molar-refractivity contribution in [1.29, 1.82) is 0 Å². The molecule has 4 heteroatoms. The van der Waals surface area contributed by atoms with E-state index in [2.05, 4.69) is 38.3 Å². The largest absolute Gasteiger partial charge is 0.381 e. The molecule has 0 saturated heterocycles. The van der Waals surface area contributed by atoms with E-state index in [9.17, 15) is 4.79 Å². The van der Waals surface area contributed by atoms with Gasteiger partial charge in [0.2, 0.25) is 5.91 Å². The molecule has 0 aromatic heterocycles. The van der Waals surface area contributed by atoms with Crippen molar-refractivity contribution >= 4 is 5.91 Å². The normalized spacial score (nSPS) is 26.9. The maximum atomic E-state index is 12.0. The van der Waals surface area contributed by atoms with Crippen LogP contribution >= 0.6 is 0 Å². The fraction of sp³-hybridized carbons (Fsp3) is 0.933. The van der Waals surface area contributed by atoms with E-state index in [0.717, 1.165) is 19.4 Å². The predicted molar refractivity (Wildman–Crippen MR) is 78.0 cm³/mol. The topological polar surface area (TPSA) is 50.4 Å². The molecule has 1 rings (SSSR count). The minimum Gasteiger partial charge on any atom is -0.381 e. The molecular formula is C15H30N2O2. The molecule has 2 N–H and O–H groups in total. The Labute approximate surface area is 117 Å². The Morgan fingerprint density at radius 2 is 2.00 bits per heavy atom. The molecule has 0 bridgehead atoms. The quantitative estimate of drug-likeness (QED) is 0.743. The lowest BCUT2D eigenvalue weighted by molar-refractivity contribution is -0.127. The molecule has 0 spiro atoms. The van der Waals surface area contributed by atoms with E-state index in [-0.39, 0.29) is 17.4 Å². The third kappa shape index (κ3) is 4.18. The highest BCUT2D eigenvalue weighted by atomic mass is 16.5. The Morgan fingerprint density at radius 3 is 2.47 bits per heavy atom. The van der Waals surface area contributed by atoms with Gasteiger partial charge in [0.1, 0.15) is 0 Å². The third-order valence-electron chi connectivity index (χ3n) is 4.33. The van der Waals surface area contributed by atoms with Crippen molar-refractivity contribution in [2.45, 2.75) is 65.6 Å². The van der Waals surface area contributed by atoms with Crippen LogP contribution in [0, 0.1) is 11.3 Å². The average molecular weight is 270 g/mol. The van der Waals surface area contributed by atoms with Gasteiger partial charge in [0.25, 0.3) is 0 Å². The fourth-order valence-electron chi connectivity index (χ4n) is 2.58. The van der Waals surface area contributed by atoms with Crippen LogP contribution in [0.4, 0.5) is 0 Å². The predicted octanol–water partition coefficient (Wildman–Crippen LogP) is 1.94. The van der Waals surface area contributed by atoms with Crippen molar-refractivity contribution in [2.75, 3.05) is 13.7 Å². The minimum absolute atomic E-state index is 0.0947. The molecule has 1 saturated carbocycles. The first kappa shape index (κ1) is 16.4. The van der Waals surface area contributed by atoms with Gasteiger partial charge in [0.05, 0.1) is 12.1 Å². The first-order chi connectivity index (χ1) is 8.78. The van der Waals surface area contributed by atoms with Gasteiger partial charge in [-0.3, -0.25) is 4.79 Å². The second-order valence-corrected chi connectivity index (χ2v) is 6.70. The highest BCUT2D eigenvalue weighted by Gasteiger charge is 2.49. The lowest BCUT2D eigenvalue weighted by Gasteiger charge is -2.52. The first-order valence-corrected chi connectivity index (χ1v) is 7.35. The van der Waals surface area contributed by atoms with Crippen molar-refractivity contribution in [2.24, 2.45) is 11.3 Å². The molecule has 0 aromatic carbocycles. The van der Waals surface area contributed by atoms with Crippen LogP contribution in [-0.4, -0.2) is 37.7 Å². The van der Waals surface area contributed by atoms with E-state index >= 15 is 0 Å². The Hall–Kier alpha value is -0.610. The summed E-state index contributed by atoms with van der Waals surface area (Å²) in [6.07, 6.45) is 2.30. The van der Waals surface area contributed by atoms with Gasteiger partial charge in [-0.05, 0) is 25.7 Å². The van der Waals surface area contributed by atoms with E-state index in [4.69, 9.17) is 4.74 Å². The number of nitrogens with one attached hydrogen (secondary N) is 2. The molecule has 0 heterocycles. The summed E-state index contributed by atoms with van der Waals surface area (Å²) in [4.78, 5) is 12.0. The number of methoxy groups -OCH3 is 1. The SMILES string of the molecule is COC1CC(NC(C)C(=O)NCCC(C)C)C1(C)C. The van der Waals surface area contributed by atoms with Gasteiger partial charge >= 0.3 is 0 Å². The van der Waals surface area contributed by atoms with Crippen LogP contribution in [0.5, 0.6) is 0 Å². The summed E-state index contributed by atoms with van der Waals surface area (Å²) in [5.74, 6) is 0.717. The van der Waals surface area contributed by atoms with Crippen LogP contribution in [0.15, 0.2) is 0 Å². The minimum atomic E-state index is -0.144. The van der Waals surface area contributed by atoms with Gasteiger partial charge in [-0.25, -0.2) is 0 Å². The van der Waals surface area contributed by atoms with E-state index < -0.39 is 0 Å². The summed E-state index contributed by atoms with van der Waals surface area (Å²) in [6.45, 7) is 11.4. The van der Waals surface area contributed by atoms with Gasteiger partial charge in [0.15, 0.2) is 0 Å². The number of hydrogen-bond acceptors (Lipinski definition) is 3. The molecule has 1 amide bonds. The lowest BCUT2D eigenvalue weighted by Crippen LogP contribution is -2.63. The molecule has 4 nitrogen and oxygen atoms in total. The van der Waals surface area contributed by atoms with Gasteiger partial charge in [-0.1, -0.05) is 27.7 Å². The van der Waals surface area contributed by atoms with Crippen LogP contribution in [-0.2, 0) is 9.53 Å². The summed E-state index contributed by atoms with van der Waals surface area (Å²) in [7, 11) is 1.75. The molecule has 1 fully saturated rings. The second-order valence-electron chi connectivity index (χ2n) is 6.70. The maximum Gasteiger partial charge on any atom is 0.236 e. The molecular weight excluding hydrogens is 240 g/mol. The summed E-state index contributed by atoms with van der Waals surface area (Å²) in [6, 6.07) is 0.206. The molecule has 0 radical (unpaired) electrons. The highest BCUT2D eigenvalue weighted by molar-refractivity contribution is 5.81. The summed E-state index contributed by atoms with van der Waals surface area (Å²) >= 11 is 0. The van der Waals surface area contributed by atoms with Gasteiger partial charge in [-0.2, -0.15) is 0 Å². The Kier molecular flexibility index (Phi) is 5.81. The summed E-state index contributed by atoms with van der Waals surface area (Å²) in [5, 5.41) is 6.40. The average Bonchev–Trinajstić information content (AvgIpc) is 2.32. The number of ether oxygens (including phenoxy) is 1. The van der Waals surface area contributed by atoms with E-state index in [0.29, 0.717) is 18.1 Å². The van der Waals surface area contributed by atoms with Crippen LogP contribution in [0.25, 0.3) is 0 Å². The number of hydrogen-bond donors (Lipinski definition) is 2. The lowest BCUT2D eigenvalue weighted by atomic mass is 9.64. The van der Waals surface area contributed by atoms with Crippen molar-refractivity contribution in [3.63, 3.8) is 0 Å². The molecule has 0 aliphatic heterocycles. The standard InChI is InChI=1S/C15H30N2O2/c1-10(2)7-8-16-14(18)11(3)17-12-9-13(19-6)15(12,4)5/h10-13,17H,7-9H2,1-6H3,(H,16,18). The highest BCUT2D eigenvalue weighted by Crippen LogP contribution is 2.42. The van der Waals surface area contributed by atoms with Crippen LogP contribution in [0.3, 0.4) is 0 Å². The zero-order valence-electron chi connectivity index (χ0n) is 13.2. The molecule has 0 aromatic rings. The number of carbonyl (C=O) groups excluding carboxylic acids is 1. The Morgan fingerprint density at radius 1 is 1.37 bits per heavy atom. The van der Waals surface area contributed by atoms with Crippen molar-refractivity contribution in [1.82, 2.24) is 10.6 Å². The van der Waals surface area contributed by atoms with Crippen LogP contribution in [0.1, 0.15) is 47.5 Å². The second kappa shape index (κ2) is 6.71. The molecule has 3 atom stereocenters. The zero-order valence-corrected chi connectivity index (χ0v) is 13.2. The maximum absolute atomic E-state index is 12.0. The van der Waals surface area contributed by atoms with Crippen LogP contribution < -0.4 is 10.6 Å². The Balaban J connectivity index is 2.31. The van der Waals surface area contributed by atoms with Crippen LogP contribution in [0.2, 0.25) is 0 Å². The van der Waals surface area contributed by atoms with E-state index in [1.165, 1.54) is 0 Å². The van der Waals surface area contributed by atoms with E-state index in [1.54, 1.807) is 7.11 Å². The summed E-state index contributed by atoms with van der Waals surface area (Å²) < 4.78 is 5.42. The summed E-state index contributed by atoms with van der Waals surface area (Å²) in [5.41, 5.74) is 0.0984. The van der Waals surface area contributed by atoms with Gasteiger partial charge in [0, 0.05) is 25.1 Å². The monoisotopic (exact) mass is 270 g/mol. The van der Waals surface area contributed by atoms with E-state index in [1.807, 2.05) is 6.92 Å². The molecule has 19 heavy (non-hydrogen) atoms. The van der Waals surface area contributed by atoms with Crippen molar-refractivity contribution < 1.29 is 9.53 Å². The number of amides is 1. The van der Waals surface area contributed by atoms with Crippen molar-refractivity contribution in [3.05, 3.63) is 0 Å². The number of carbonyl (C=O) groups is 1. The molecule has 112 valence electrons. The fourth-order valence-corrected chi connectivity index (χ4v) is 2.58. The number of rotatable bonds is 7. The van der Waals surface area contributed by atoms with Crippen molar-refractivity contribution in [3.8, 4) is 0 Å². The molecule has 1 aliphatic rings.